The van der Waals surface area contributed by atoms with Gasteiger partial charge in [0.1, 0.15) is 24.2 Å². The molecule has 0 heterocycles. The third-order valence-corrected chi connectivity index (χ3v) is 4.42. The highest BCUT2D eigenvalue weighted by Crippen LogP contribution is 2.28. The molecule has 4 heteroatoms. The monoisotopic (exact) mass is 390 g/mol. The fourth-order valence-corrected chi connectivity index (χ4v) is 2.99. The predicted octanol–water partition coefficient (Wildman–Crippen LogP) is 5.73. The predicted molar refractivity (Wildman–Crippen MR) is 113 cm³/mol. The van der Waals surface area contributed by atoms with E-state index in [2.05, 4.69) is 0 Å². The summed E-state index contributed by atoms with van der Waals surface area (Å²) in [6.07, 6.45) is 0.597. The number of hydrogen-bond donors (Lipinski definition) is 0. The molecule has 0 saturated carbocycles. The van der Waals surface area contributed by atoms with Gasteiger partial charge in [-0.15, -0.1) is 0 Å². The van der Waals surface area contributed by atoms with E-state index in [-0.39, 0.29) is 12.1 Å². The minimum Gasteiger partial charge on any atom is -0.489 e. The van der Waals surface area contributed by atoms with Gasteiger partial charge in [-0.2, -0.15) is 0 Å². The molecular weight excluding hydrogens is 364 g/mol. The van der Waals surface area contributed by atoms with E-state index in [4.69, 9.17) is 14.2 Å². The van der Waals surface area contributed by atoms with Crippen LogP contribution in [0, 0.1) is 0 Å². The van der Waals surface area contributed by atoms with Gasteiger partial charge in [0.25, 0.3) is 0 Å². The van der Waals surface area contributed by atoms with Crippen LogP contribution in [0.15, 0.2) is 84.9 Å². The first-order valence-corrected chi connectivity index (χ1v) is 9.88. The van der Waals surface area contributed by atoms with Crippen molar-refractivity contribution in [3.63, 3.8) is 0 Å². The molecule has 0 fully saturated rings. The summed E-state index contributed by atoms with van der Waals surface area (Å²) in [6.45, 7) is 2.69. The number of carbonyl (C=O) groups is 1. The highest BCUT2D eigenvalue weighted by molar-refractivity contribution is 5.69. The van der Waals surface area contributed by atoms with Crippen molar-refractivity contribution in [3.8, 4) is 11.5 Å². The van der Waals surface area contributed by atoms with Crippen LogP contribution in [-0.4, -0.2) is 12.6 Å². The topological polar surface area (TPSA) is 44.8 Å². The van der Waals surface area contributed by atoms with Gasteiger partial charge in [0.05, 0.1) is 6.61 Å². The Labute approximate surface area is 172 Å². The maximum Gasteiger partial charge on any atom is 0.305 e. The summed E-state index contributed by atoms with van der Waals surface area (Å²) in [4.78, 5) is 11.8. The molecule has 4 nitrogen and oxygen atoms in total. The second-order valence-corrected chi connectivity index (χ2v) is 6.61. The Balaban J connectivity index is 1.67. The molecule has 0 saturated heterocycles. The van der Waals surface area contributed by atoms with Crippen molar-refractivity contribution in [3.05, 3.63) is 96.1 Å². The SMILES string of the molecule is CCOC(=O)CCC(Oc1cccc(OCc2ccccc2)c1)c1ccccc1. The molecule has 0 aromatic heterocycles. The van der Waals surface area contributed by atoms with Crippen LogP contribution in [0.4, 0.5) is 0 Å². The van der Waals surface area contributed by atoms with E-state index < -0.39 is 0 Å². The molecule has 150 valence electrons. The van der Waals surface area contributed by atoms with Crippen LogP contribution < -0.4 is 9.47 Å². The Hall–Kier alpha value is -3.27. The van der Waals surface area contributed by atoms with Crippen molar-refractivity contribution in [1.29, 1.82) is 0 Å². The molecule has 0 aliphatic rings. The molecule has 0 radical (unpaired) electrons. The van der Waals surface area contributed by atoms with Crippen LogP contribution >= 0.6 is 0 Å². The van der Waals surface area contributed by atoms with Gasteiger partial charge in [0, 0.05) is 12.5 Å². The Morgan fingerprint density at radius 3 is 2.28 bits per heavy atom. The Morgan fingerprint density at radius 2 is 1.55 bits per heavy atom. The molecular formula is C25H26O4. The standard InChI is InChI=1S/C25H26O4/c1-2-27-25(26)17-16-24(21-12-7-4-8-13-21)29-23-15-9-14-22(18-23)28-19-20-10-5-3-6-11-20/h3-15,18,24H,2,16-17,19H2,1H3. The van der Waals surface area contributed by atoms with Crippen LogP contribution in [0.2, 0.25) is 0 Å². The fourth-order valence-electron chi connectivity index (χ4n) is 2.99. The lowest BCUT2D eigenvalue weighted by molar-refractivity contribution is -0.143. The van der Waals surface area contributed by atoms with E-state index in [1.54, 1.807) is 0 Å². The molecule has 1 atom stereocenters. The molecule has 29 heavy (non-hydrogen) atoms. The van der Waals surface area contributed by atoms with Gasteiger partial charge < -0.3 is 14.2 Å². The maximum absolute atomic E-state index is 11.8. The van der Waals surface area contributed by atoms with Crippen molar-refractivity contribution in [2.45, 2.75) is 32.5 Å². The molecule has 0 spiro atoms. The van der Waals surface area contributed by atoms with Gasteiger partial charge in [0.15, 0.2) is 0 Å². The Morgan fingerprint density at radius 1 is 0.862 bits per heavy atom. The number of hydrogen-bond acceptors (Lipinski definition) is 4. The van der Waals surface area contributed by atoms with Crippen molar-refractivity contribution < 1.29 is 19.0 Å². The molecule has 3 rings (SSSR count). The van der Waals surface area contributed by atoms with Gasteiger partial charge in [0.2, 0.25) is 0 Å². The van der Waals surface area contributed by atoms with Crippen LogP contribution in [0.1, 0.15) is 37.0 Å². The van der Waals surface area contributed by atoms with Crippen LogP contribution in [0.3, 0.4) is 0 Å². The Kier molecular flexibility index (Phi) is 7.70. The van der Waals surface area contributed by atoms with Crippen molar-refractivity contribution in [2.24, 2.45) is 0 Å². The van der Waals surface area contributed by atoms with Crippen molar-refractivity contribution >= 4 is 5.97 Å². The molecule has 3 aromatic rings. The maximum atomic E-state index is 11.8. The third kappa shape index (κ3) is 6.68. The fraction of sp³-hybridized carbons (Fsp3) is 0.240. The average Bonchev–Trinajstić information content (AvgIpc) is 2.77. The minimum absolute atomic E-state index is 0.211. The highest BCUT2D eigenvalue weighted by atomic mass is 16.5. The number of esters is 1. The van der Waals surface area contributed by atoms with Crippen molar-refractivity contribution in [1.82, 2.24) is 0 Å². The molecule has 0 aliphatic carbocycles. The first-order chi connectivity index (χ1) is 14.2. The number of ether oxygens (including phenoxy) is 3. The van der Waals surface area contributed by atoms with E-state index in [0.717, 1.165) is 16.9 Å². The van der Waals surface area contributed by atoms with Crippen LogP contribution in [-0.2, 0) is 16.1 Å². The zero-order valence-corrected chi connectivity index (χ0v) is 16.6. The quantitative estimate of drug-likeness (QED) is 0.415. The molecule has 0 N–H and O–H groups in total. The summed E-state index contributed by atoms with van der Waals surface area (Å²) in [6, 6.07) is 27.5. The second-order valence-electron chi connectivity index (χ2n) is 6.61. The van der Waals surface area contributed by atoms with Gasteiger partial charge in [-0.1, -0.05) is 66.7 Å². The first kappa shape index (κ1) is 20.5. The summed E-state index contributed by atoms with van der Waals surface area (Å²) in [5.41, 5.74) is 2.13. The van der Waals surface area contributed by atoms with E-state index >= 15 is 0 Å². The van der Waals surface area contributed by atoms with E-state index in [9.17, 15) is 4.79 Å². The summed E-state index contributed by atoms with van der Waals surface area (Å²) in [5.74, 6) is 1.23. The van der Waals surface area contributed by atoms with E-state index in [1.165, 1.54) is 0 Å². The Bertz CT molecular complexity index is 878. The average molecular weight is 390 g/mol. The normalized spacial score (nSPS) is 11.5. The molecule has 1 unspecified atom stereocenters. The third-order valence-electron chi connectivity index (χ3n) is 4.42. The van der Waals surface area contributed by atoms with Gasteiger partial charge >= 0.3 is 5.97 Å². The molecule has 3 aromatic carbocycles. The van der Waals surface area contributed by atoms with Gasteiger partial charge in [-0.25, -0.2) is 0 Å². The highest BCUT2D eigenvalue weighted by Gasteiger charge is 2.16. The number of benzene rings is 3. The smallest absolute Gasteiger partial charge is 0.305 e. The van der Waals surface area contributed by atoms with E-state index in [0.29, 0.717) is 31.8 Å². The van der Waals surface area contributed by atoms with Crippen molar-refractivity contribution in [2.75, 3.05) is 6.61 Å². The zero-order chi connectivity index (χ0) is 20.3. The van der Waals surface area contributed by atoms with Crippen LogP contribution in [0.25, 0.3) is 0 Å². The molecule has 0 bridgehead atoms. The summed E-state index contributed by atoms with van der Waals surface area (Å²) in [7, 11) is 0. The first-order valence-electron chi connectivity index (χ1n) is 9.88. The zero-order valence-electron chi connectivity index (χ0n) is 16.6. The number of rotatable bonds is 10. The lowest BCUT2D eigenvalue weighted by atomic mass is 10.0. The van der Waals surface area contributed by atoms with Crippen LogP contribution in [0.5, 0.6) is 11.5 Å². The lowest BCUT2D eigenvalue weighted by Crippen LogP contribution is -2.12. The van der Waals surface area contributed by atoms with E-state index in [1.807, 2.05) is 91.9 Å². The summed E-state index contributed by atoms with van der Waals surface area (Å²) in [5, 5.41) is 0. The van der Waals surface area contributed by atoms with Gasteiger partial charge in [-0.3, -0.25) is 4.79 Å². The largest absolute Gasteiger partial charge is 0.489 e. The minimum atomic E-state index is -0.245. The number of carbonyl (C=O) groups excluding carboxylic acids is 1. The summed E-state index contributed by atoms with van der Waals surface area (Å²) >= 11 is 0. The molecule has 0 amide bonds. The lowest BCUT2D eigenvalue weighted by Gasteiger charge is -2.20. The molecule has 0 aliphatic heterocycles. The van der Waals surface area contributed by atoms with Gasteiger partial charge in [-0.05, 0) is 36.6 Å². The summed E-state index contributed by atoms with van der Waals surface area (Å²) < 4.78 is 17.2. The second kappa shape index (κ2) is 10.9.